The molecular weight excluding hydrogens is 408 g/mol. The molecule has 0 bridgehead atoms. The SMILES string of the molecule is Cc1cc(NC(=O)C(N=O)c2cn(Cc3ccc(Cl)cc3)c3ccccc23)sn1. The molecule has 1 unspecified atom stereocenters. The summed E-state index contributed by atoms with van der Waals surface area (Å²) >= 11 is 7.15. The Morgan fingerprint density at radius 3 is 2.69 bits per heavy atom. The van der Waals surface area contributed by atoms with E-state index in [1.807, 2.05) is 66.2 Å². The number of nitrogens with one attached hydrogen (secondary N) is 1. The zero-order valence-electron chi connectivity index (χ0n) is 15.5. The predicted octanol–water partition coefficient (Wildman–Crippen LogP) is 5.55. The van der Waals surface area contributed by atoms with E-state index in [9.17, 15) is 9.70 Å². The summed E-state index contributed by atoms with van der Waals surface area (Å²) < 4.78 is 6.15. The molecule has 8 heteroatoms. The maximum Gasteiger partial charge on any atom is 0.258 e. The molecule has 1 N–H and O–H groups in total. The second-order valence-electron chi connectivity index (χ2n) is 6.69. The summed E-state index contributed by atoms with van der Waals surface area (Å²) in [6.45, 7) is 2.42. The number of carbonyl (C=O) groups is 1. The van der Waals surface area contributed by atoms with Crippen LogP contribution >= 0.6 is 23.1 Å². The lowest BCUT2D eigenvalue weighted by Gasteiger charge is -2.08. The van der Waals surface area contributed by atoms with Crippen LogP contribution in [0.15, 0.2) is 66.0 Å². The molecule has 0 fully saturated rings. The number of aryl methyl sites for hydroxylation is 1. The van der Waals surface area contributed by atoms with Gasteiger partial charge in [0.05, 0.1) is 5.69 Å². The maximum atomic E-state index is 12.8. The van der Waals surface area contributed by atoms with E-state index in [1.54, 1.807) is 6.07 Å². The lowest BCUT2D eigenvalue weighted by atomic mass is 10.1. The van der Waals surface area contributed by atoms with Crippen LogP contribution < -0.4 is 5.32 Å². The number of benzene rings is 2. The standard InChI is InChI=1S/C21H17ClN4O2S/c1-13-10-19(29-25-13)23-21(27)20(24-28)17-12-26(18-5-3-2-4-16(17)18)11-14-6-8-15(22)9-7-14/h2-10,12,20H,11H2,1H3,(H,23,27). The van der Waals surface area contributed by atoms with Gasteiger partial charge in [-0.05, 0) is 48.3 Å². The van der Waals surface area contributed by atoms with Crippen molar-refractivity contribution >= 4 is 44.9 Å². The van der Waals surface area contributed by atoms with E-state index >= 15 is 0 Å². The van der Waals surface area contributed by atoms with Crippen LogP contribution in [0.25, 0.3) is 10.9 Å². The van der Waals surface area contributed by atoms with Gasteiger partial charge in [0, 0.05) is 34.2 Å². The van der Waals surface area contributed by atoms with Gasteiger partial charge in [0.15, 0.2) is 6.04 Å². The molecule has 0 aliphatic carbocycles. The fraction of sp³-hybridized carbons (Fsp3) is 0.143. The van der Waals surface area contributed by atoms with E-state index in [0.717, 1.165) is 22.2 Å². The Kier molecular flexibility index (Phi) is 5.42. The van der Waals surface area contributed by atoms with E-state index in [4.69, 9.17) is 11.6 Å². The van der Waals surface area contributed by atoms with Crippen LogP contribution in [0.5, 0.6) is 0 Å². The zero-order chi connectivity index (χ0) is 20.4. The van der Waals surface area contributed by atoms with Crippen LogP contribution in [0.2, 0.25) is 5.02 Å². The quantitative estimate of drug-likeness (QED) is 0.412. The molecule has 1 amide bonds. The third-order valence-electron chi connectivity index (χ3n) is 4.61. The van der Waals surface area contributed by atoms with Gasteiger partial charge in [-0.25, -0.2) is 0 Å². The van der Waals surface area contributed by atoms with Gasteiger partial charge < -0.3 is 9.88 Å². The highest BCUT2D eigenvalue weighted by Crippen LogP contribution is 2.31. The molecule has 2 heterocycles. The Balaban J connectivity index is 1.69. The minimum Gasteiger partial charge on any atom is -0.343 e. The summed E-state index contributed by atoms with van der Waals surface area (Å²) in [5, 5.41) is 7.96. The van der Waals surface area contributed by atoms with E-state index in [-0.39, 0.29) is 0 Å². The van der Waals surface area contributed by atoms with Gasteiger partial charge in [0.1, 0.15) is 5.00 Å². The average Bonchev–Trinajstić information content (AvgIpc) is 3.28. The predicted molar refractivity (Wildman–Crippen MR) is 117 cm³/mol. The maximum absolute atomic E-state index is 12.8. The number of hydrogen-bond donors (Lipinski definition) is 1. The first-order valence-corrected chi connectivity index (χ1v) is 10.1. The minimum absolute atomic E-state index is 0.474. The van der Waals surface area contributed by atoms with Crippen molar-refractivity contribution in [3.05, 3.63) is 87.5 Å². The fourth-order valence-electron chi connectivity index (χ4n) is 3.27. The van der Waals surface area contributed by atoms with Crippen molar-refractivity contribution in [2.45, 2.75) is 19.5 Å². The van der Waals surface area contributed by atoms with Crippen molar-refractivity contribution < 1.29 is 4.79 Å². The summed E-state index contributed by atoms with van der Waals surface area (Å²) in [7, 11) is 0. The van der Waals surface area contributed by atoms with Gasteiger partial charge in [-0.15, -0.1) is 4.91 Å². The molecule has 4 rings (SSSR count). The highest BCUT2D eigenvalue weighted by atomic mass is 35.5. The number of nitrogens with zero attached hydrogens (tertiary/aromatic N) is 3. The molecule has 0 spiro atoms. The summed E-state index contributed by atoms with van der Waals surface area (Å²) in [5.74, 6) is -0.474. The Hall–Kier alpha value is -3.03. The van der Waals surface area contributed by atoms with E-state index < -0.39 is 11.9 Å². The summed E-state index contributed by atoms with van der Waals surface area (Å²) in [5.41, 5.74) is 3.36. The number of carbonyl (C=O) groups excluding carboxylic acids is 1. The van der Waals surface area contributed by atoms with Gasteiger partial charge >= 0.3 is 0 Å². The van der Waals surface area contributed by atoms with Crippen molar-refractivity contribution in [2.24, 2.45) is 5.18 Å². The van der Waals surface area contributed by atoms with Gasteiger partial charge in [-0.1, -0.05) is 47.1 Å². The van der Waals surface area contributed by atoms with Gasteiger partial charge in [0.25, 0.3) is 5.91 Å². The Morgan fingerprint density at radius 2 is 2.00 bits per heavy atom. The first-order valence-electron chi connectivity index (χ1n) is 8.94. The number of para-hydroxylation sites is 1. The second-order valence-corrected chi connectivity index (χ2v) is 7.93. The van der Waals surface area contributed by atoms with Crippen LogP contribution in [0.1, 0.15) is 22.9 Å². The highest BCUT2D eigenvalue weighted by molar-refractivity contribution is 7.10. The van der Waals surface area contributed by atoms with Crippen molar-refractivity contribution in [1.29, 1.82) is 0 Å². The third-order valence-corrected chi connectivity index (χ3v) is 5.66. The van der Waals surface area contributed by atoms with Crippen molar-refractivity contribution in [3.63, 3.8) is 0 Å². The van der Waals surface area contributed by atoms with Gasteiger partial charge in [-0.2, -0.15) is 4.37 Å². The molecule has 0 aliphatic heterocycles. The van der Waals surface area contributed by atoms with Crippen LogP contribution in [0.3, 0.4) is 0 Å². The Morgan fingerprint density at radius 1 is 1.24 bits per heavy atom. The summed E-state index contributed by atoms with van der Waals surface area (Å²) in [6.07, 6.45) is 1.82. The van der Waals surface area contributed by atoms with Crippen LogP contribution in [-0.2, 0) is 11.3 Å². The van der Waals surface area contributed by atoms with Crippen molar-refractivity contribution in [1.82, 2.24) is 8.94 Å². The van der Waals surface area contributed by atoms with Crippen LogP contribution in [0.4, 0.5) is 5.00 Å². The number of hydrogen-bond acceptors (Lipinski definition) is 5. The van der Waals surface area contributed by atoms with E-state index in [1.165, 1.54) is 11.5 Å². The number of anilines is 1. The molecule has 4 aromatic rings. The summed E-state index contributed by atoms with van der Waals surface area (Å²) in [6, 6.07) is 15.8. The number of aromatic nitrogens is 2. The molecule has 1 atom stereocenters. The van der Waals surface area contributed by atoms with E-state index in [0.29, 0.717) is 22.1 Å². The van der Waals surface area contributed by atoms with Crippen LogP contribution in [-0.4, -0.2) is 14.8 Å². The monoisotopic (exact) mass is 424 g/mol. The molecule has 6 nitrogen and oxygen atoms in total. The molecule has 0 saturated heterocycles. The first-order chi connectivity index (χ1) is 14.0. The topological polar surface area (TPSA) is 76.3 Å². The van der Waals surface area contributed by atoms with Crippen molar-refractivity contribution in [3.8, 4) is 0 Å². The highest BCUT2D eigenvalue weighted by Gasteiger charge is 2.26. The molecule has 0 radical (unpaired) electrons. The molecule has 0 saturated carbocycles. The minimum atomic E-state index is -1.16. The smallest absolute Gasteiger partial charge is 0.258 e. The second kappa shape index (κ2) is 8.14. The summed E-state index contributed by atoms with van der Waals surface area (Å²) in [4.78, 5) is 24.4. The number of nitroso groups, excluding NO2 is 1. The first kappa shape index (κ1) is 19.3. The molecule has 29 heavy (non-hydrogen) atoms. The largest absolute Gasteiger partial charge is 0.343 e. The number of halogens is 1. The number of fused-ring (bicyclic) bond motifs is 1. The van der Waals surface area contributed by atoms with Crippen molar-refractivity contribution in [2.75, 3.05) is 5.32 Å². The number of rotatable bonds is 6. The normalized spacial score (nSPS) is 12.1. The zero-order valence-corrected chi connectivity index (χ0v) is 17.1. The fourth-order valence-corrected chi connectivity index (χ4v) is 4.06. The Bertz CT molecular complexity index is 1180. The van der Waals surface area contributed by atoms with Crippen LogP contribution in [0, 0.1) is 11.8 Å². The Labute approximate surface area is 176 Å². The average molecular weight is 425 g/mol. The third kappa shape index (κ3) is 4.06. The molecule has 0 aliphatic rings. The van der Waals surface area contributed by atoms with E-state index in [2.05, 4.69) is 14.9 Å². The molecule has 146 valence electrons. The molecule has 2 aromatic heterocycles. The molecule has 2 aromatic carbocycles. The number of amides is 1. The van der Waals surface area contributed by atoms with Gasteiger partial charge in [-0.3, -0.25) is 4.79 Å². The lowest BCUT2D eigenvalue weighted by molar-refractivity contribution is -0.117. The molecular formula is C21H17ClN4O2S. The van der Waals surface area contributed by atoms with Gasteiger partial charge in [0.2, 0.25) is 0 Å². The lowest BCUT2D eigenvalue weighted by Crippen LogP contribution is -2.18.